The SMILES string of the molecule is CCCCN(C)[C@@H](CCCCN)C(=O)O. The predicted octanol–water partition coefficient (Wildman–Crippen LogP) is 1.30. The fourth-order valence-corrected chi connectivity index (χ4v) is 1.58. The van der Waals surface area contributed by atoms with Gasteiger partial charge >= 0.3 is 5.97 Å². The molecule has 0 heterocycles. The molecule has 4 heteroatoms. The summed E-state index contributed by atoms with van der Waals surface area (Å²) in [5.41, 5.74) is 5.39. The van der Waals surface area contributed by atoms with Crippen LogP contribution in [0.1, 0.15) is 39.0 Å². The molecule has 0 spiro atoms. The first-order chi connectivity index (χ1) is 7.13. The van der Waals surface area contributed by atoms with Crippen LogP contribution in [0, 0.1) is 0 Å². The Morgan fingerprint density at radius 1 is 1.40 bits per heavy atom. The zero-order chi connectivity index (χ0) is 11.7. The van der Waals surface area contributed by atoms with Crippen molar-refractivity contribution in [1.82, 2.24) is 4.90 Å². The first-order valence-electron chi connectivity index (χ1n) is 5.76. The lowest BCUT2D eigenvalue weighted by molar-refractivity contribution is -0.143. The van der Waals surface area contributed by atoms with E-state index in [0.29, 0.717) is 13.0 Å². The molecule has 0 rings (SSSR count). The van der Waals surface area contributed by atoms with Gasteiger partial charge in [0.2, 0.25) is 0 Å². The van der Waals surface area contributed by atoms with E-state index in [1.54, 1.807) is 0 Å². The van der Waals surface area contributed by atoms with Crippen molar-refractivity contribution >= 4 is 5.97 Å². The van der Waals surface area contributed by atoms with Gasteiger partial charge in [-0.05, 0) is 39.4 Å². The van der Waals surface area contributed by atoms with E-state index < -0.39 is 5.97 Å². The molecule has 0 bridgehead atoms. The van der Waals surface area contributed by atoms with Crippen LogP contribution >= 0.6 is 0 Å². The lowest BCUT2D eigenvalue weighted by Gasteiger charge is -2.24. The first kappa shape index (κ1) is 14.4. The Morgan fingerprint density at radius 2 is 2.07 bits per heavy atom. The van der Waals surface area contributed by atoms with Crippen LogP contribution in [-0.2, 0) is 4.79 Å². The third kappa shape index (κ3) is 6.47. The number of hydrogen-bond donors (Lipinski definition) is 2. The second kappa shape index (κ2) is 8.68. The Labute approximate surface area is 92.4 Å². The second-order valence-corrected chi connectivity index (χ2v) is 3.97. The molecule has 1 atom stereocenters. The summed E-state index contributed by atoms with van der Waals surface area (Å²) in [7, 11) is 1.89. The number of aliphatic carboxylic acids is 1. The van der Waals surface area contributed by atoms with Gasteiger partial charge < -0.3 is 10.8 Å². The molecule has 0 unspecified atom stereocenters. The van der Waals surface area contributed by atoms with Gasteiger partial charge in [0.05, 0.1) is 0 Å². The van der Waals surface area contributed by atoms with E-state index in [-0.39, 0.29) is 6.04 Å². The summed E-state index contributed by atoms with van der Waals surface area (Å²) < 4.78 is 0. The highest BCUT2D eigenvalue weighted by Crippen LogP contribution is 2.08. The Morgan fingerprint density at radius 3 is 2.53 bits per heavy atom. The van der Waals surface area contributed by atoms with Gasteiger partial charge in [0.1, 0.15) is 6.04 Å². The molecular weight excluding hydrogens is 192 g/mol. The van der Waals surface area contributed by atoms with Gasteiger partial charge in [-0.25, -0.2) is 0 Å². The standard InChI is InChI=1S/C11H24N2O2/c1-3-4-9-13(2)10(11(14)15)7-5-6-8-12/h10H,3-9,12H2,1-2H3,(H,14,15)/t10-/m0/s1. The van der Waals surface area contributed by atoms with Crippen molar-refractivity contribution < 1.29 is 9.90 Å². The van der Waals surface area contributed by atoms with Gasteiger partial charge in [-0.15, -0.1) is 0 Å². The molecule has 4 nitrogen and oxygen atoms in total. The first-order valence-corrected chi connectivity index (χ1v) is 5.76. The topological polar surface area (TPSA) is 66.6 Å². The lowest BCUT2D eigenvalue weighted by Crippen LogP contribution is -2.39. The van der Waals surface area contributed by atoms with E-state index in [4.69, 9.17) is 10.8 Å². The quantitative estimate of drug-likeness (QED) is 0.570. The monoisotopic (exact) mass is 216 g/mol. The maximum atomic E-state index is 11.0. The van der Waals surface area contributed by atoms with E-state index in [0.717, 1.165) is 32.2 Å². The molecule has 3 N–H and O–H groups in total. The normalized spacial score (nSPS) is 13.1. The van der Waals surface area contributed by atoms with E-state index in [2.05, 4.69) is 6.92 Å². The Kier molecular flexibility index (Phi) is 8.33. The van der Waals surface area contributed by atoms with Gasteiger partial charge in [-0.2, -0.15) is 0 Å². The second-order valence-electron chi connectivity index (χ2n) is 3.97. The summed E-state index contributed by atoms with van der Waals surface area (Å²) in [4.78, 5) is 13.0. The highest BCUT2D eigenvalue weighted by atomic mass is 16.4. The molecular formula is C11H24N2O2. The van der Waals surface area contributed by atoms with Crippen molar-refractivity contribution in [3.05, 3.63) is 0 Å². The molecule has 0 aliphatic heterocycles. The average molecular weight is 216 g/mol. The van der Waals surface area contributed by atoms with Crippen LogP contribution in [-0.4, -0.2) is 42.2 Å². The van der Waals surface area contributed by atoms with Crippen molar-refractivity contribution in [1.29, 1.82) is 0 Å². The van der Waals surface area contributed by atoms with E-state index in [1.807, 2.05) is 11.9 Å². The number of carboxylic acids is 1. The predicted molar refractivity (Wildman–Crippen MR) is 61.9 cm³/mol. The number of carboxylic acid groups (broad SMARTS) is 1. The molecule has 0 aliphatic rings. The molecule has 0 aromatic heterocycles. The van der Waals surface area contributed by atoms with Crippen LogP contribution in [0.5, 0.6) is 0 Å². The third-order valence-electron chi connectivity index (χ3n) is 2.61. The van der Waals surface area contributed by atoms with Crippen LogP contribution in [0.2, 0.25) is 0 Å². The summed E-state index contributed by atoms with van der Waals surface area (Å²) in [5.74, 6) is -0.717. The lowest BCUT2D eigenvalue weighted by atomic mass is 10.1. The molecule has 15 heavy (non-hydrogen) atoms. The smallest absolute Gasteiger partial charge is 0.320 e. The molecule has 0 saturated carbocycles. The molecule has 90 valence electrons. The molecule has 0 amide bonds. The Balaban J connectivity index is 3.95. The molecule has 0 fully saturated rings. The molecule has 0 saturated heterocycles. The zero-order valence-corrected chi connectivity index (χ0v) is 9.91. The van der Waals surface area contributed by atoms with E-state index in [9.17, 15) is 4.79 Å². The number of carbonyl (C=O) groups is 1. The number of hydrogen-bond acceptors (Lipinski definition) is 3. The summed E-state index contributed by atoms with van der Waals surface area (Å²) >= 11 is 0. The molecule has 0 radical (unpaired) electrons. The third-order valence-corrected chi connectivity index (χ3v) is 2.61. The van der Waals surface area contributed by atoms with Crippen molar-refractivity contribution in [2.24, 2.45) is 5.73 Å². The largest absolute Gasteiger partial charge is 0.480 e. The summed E-state index contributed by atoms with van der Waals surface area (Å²) in [5, 5.41) is 9.07. The minimum atomic E-state index is -0.717. The average Bonchev–Trinajstić information content (AvgIpc) is 2.20. The van der Waals surface area contributed by atoms with Crippen LogP contribution < -0.4 is 5.73 Å². The van der Waals surface area contributed by atoms with Crippen molar-refractivity contribution in [2.45, 2.75) is 45.1 Å². The van der Waals surface area contributed by atoms with Crippen LogP contribution in [0.4, 0.5) is 0 Å². The fourth-order valence-electron chi connectivity index (χ4n) is 1.58. The zero-order valence-electron chi connectivity index (χ0n) is 9.91. The highest BCUT2D eigenvalue weighted by molar-refractivity contribution is 5.73. The number of unbranched alkanes of at least 4 members (excludes halogenated alkanes) is 2. The Hall–Kier alpha value is -0.610. The van der Waals surface area contributed by atoms with Gasteiger partial charge in [0.25, 0.3) is 0 Å². The fraction of sp³-hybridized carbons (Fsp3) is 0.909. The number of nitrogens with zero attached hydrogens (tertiary/aromatic N) is 1. The van der Waals surface area contributed by atoms with Crippen LogP contribution in [0.25, 0.3) is 0 Å². The molecule has 0 aromatic rings. The number of nitrogens with two attached hydrogens (primary N) is 1. The minimum absolute atomic E-state index is 0.344. The maximum Gasteiger partial charge on any atom is 0.320 e. The Bertz CT molecular complexity index is 174. The van der Waals surface area contributed by atoms with Crippen molar-refractivity contribution in [3.63, 3.8) is 0 Å². The van der Waals surface area contributed by atoms with Gasteiger partial charge in [-0.1, -0.05) is 19.8 Å². The number of rotatable bonds is 9. The number of likely N-dealkylation sites (N-methyl/N-ethyl adjacent to an activating group) is 1. The van der Waals surface area contributed by atoms with Crippen molar-refractivity contribution in [2.75, 3.05) is 20.1 Å². The summed E-state index contributed by atoms with van der Waals surface area (Å²) in [6, 6.07) is -0.344. The van der Waals surface area contributed by atoms with Gasteiger partial charge in [0, 0.05) is 0 Å². The minimum Gasteiger partial charge on any atom is -0.480 e. The van der Waals surface area contributed by atoms with Crippen molar-refractivity contribution in [3.8, 4) is 0 Å². The maximum absolute atomic E-state index is 11.0. The molecule has 0 aliphatic carbocycles. The van der Waals surface area contributed by atoms with E-state index >= 15 is 0 Å². The van der Waals surface area contributed by atoms with Crippen LogP contribution in [0.3, 0.4) is 0 Å². The van der Waals surface area contributed by atoms with Gasteiger partial charge in [0.15, 0.2) is 0 Å². The van der Waals surface area contributed by atoms with Crippen LogP contribution in [0.15, 0.2) is 0 Å². The summed E-state index contributed by atoms with van der Waals surface area (Å²) in [6.07, 6.45) is 4.65. The summed E-state index contributed by atoms with van der Waals surface area (Å²) in [6.45, 7) is 3.61. The van der Waals surface area contributed by atoms with Gasteiger partial charge in [-0.3, -0.25) is 9.69 Å². The van der Waals surface area contributed by atoms with E-state index in [1.165, 1.54) is 0 Å². The molecule has 0 aromatic carbocycles. The highest BCUT2D eigenvalue weighted by Gasteiger charge is 2.21.